The predicted molar refractivity (Wildman–Crippen MR) is 135 cm³/mol. The van der Waals surface area contributed by atoms with E-state index in [1.807, 2.05) is 66.9 Å². The molecule has 0 unspecified atom stereocenters. The second-order valence-corrected chi connectivity index (χ2v) is 8.24. The molecule has 0 atom stereocenters. The number of benzene rings is 3. The van der Waals surface area contributed by atoms with Crippen LogP contribution in [-0.2, 0) is 6.54 Å². The van der Waals surface area contributed by atoms with Gasteiger partial charge in [-0.1, -0.05) is 48.5 Å². The van der Waals surface area contributed by atoms with Crippen molar-refractivity contribution in [3.63, 3.8) is 0 Å². The number of nitro benzene ring substituents is 1. The van der Waals surface area contributed by atoms with Gasteiger partial charge in [-0.2, -0.15) is 5.10 Å². The molecule has 1 amide bonds. The molecule has 0 aliphatic carbocycles. The van der Waals surface area contributed by atoms with Crippen LogP contribution in [-0.4, -0.2) is 42.1 Å². The van der Waals surface area contributed by atoms with Gasteiger partial charge in [0.2, 0.25) is 0 Å². The molecule has 3 aromatic carbocycles. The van der Waals surface area contributed by atoms with Gasteiger partial charge in [-0.05, 0) is 24.3 Å². The van der Waals surface area contributed by atoms with Crippen molar-refractivity contribution in [3.8, 4) is 22.6 Å². The molecule has 0 saturated carbocycles. The fraction of sp³-hybridized carbons (Fsp3) is 0.0741. The summed E-state index contributed by atoms with van der Waals surface area (Å²) in [7, 11) is 1.67. The molecule has 9 heteroatoms. The third-order valence-corrected chi connectivity index (χ3v) is 5.81. The van der Waals surface area contributed by atoms with Crippen LogP contribution in [0.4, 0.5) is 5.69 Å². The second kappa shape index (κ2) is 9.67. The first kappa shape index (κ1) is 22.7. The van der Waals surface area contributed by atoms with Crippen molar-refractivity contribution in [2.45, 2.75) is 6.54 Å². The number of hydrogen-bond donors (Lipinski definition) is 0. The van der Waals surface area contributed by atoms with Crippen LogP contribution in [0, 0.1) is 10.1 Å². The molecule has 0 saturated heterocycles. The summed E-state index contributed by atoms with van der Waals surface area (Å²) < 4.78 is 3.33. The van der Waals surface area contributed by atoms with Gasteiger partial charge in [0.15, 0.2) is 0 Å². The molecule has 5 rings (SSSR count). The minimum Gasteiger partial charge on any atom is -0.337 e. The Morgan fingerprint density at radius 1 is 1.03 bits per heavy atom. The molecule has 36 heavy (non-hydrogen) atoms. The largest absolute Gasteiger partial charge is 0.337 e. The number of amides is 1. The number of aromatic nitrogens is 4. The Hall–Kier alpha value is -5.05. The summed E-state index contributed by atoms with van der Waals surface area (Å²) in [6, 6.07) is 24.0. The van der Waals surface area contributed by atoms with Crippen molar-refractivity contribution >= 4 is 11.6 Å². The van der Waals surface area contributed by atoms with Crippen LogP contribution in [0.25, 0.3) is 22.6 Å². The Morgan fingerprint density at radius 3 is 2.42 bits per heavy atom. The summed E-state index contributed by atoms with van der Waals surface area (Å²) in [6.45, 7) is 0.271. The zero-order valence-electron chi connectivity index (χ0n) is 19.4. The van der Waals surface area contributed by atoms with Crippen molar-refractivity contribution in [3.05, 3.63) is 125 Å². The van der Waals surface area contributed by atoms with Crippen LogP contribution in [0.3, 0.4) is 0 Å². The Balaban J connectivity index is 1.46. The zero-order valence-corrected chi connectivity index (χ0v) is 19.4. The number of rotatable bonds is 7. The fourth-order valence-electron chi connectivity index (χ4n) is 4.05. The summed E-state index contributed by atoms with van der Waals surface area (Å²) in [5, 5.41) is 16.5. The first-order valence-corrected chi connectivity index (χ1v) is 11.2. The Morgan fingerprint density at radius 2 is 1.75 bits per heavy atom. The van der Waals surface area contributed by atoms with Gasteiger partial charge in [-0.25, -0.2) is 9.67 Å². The van der Waals surface area contributed by atoms with Crippen molar-refractivity contribution in [1.29, 1.82) is 0 Å². The average Bonchev–Trinajstić information content (AvgIpc) is 3.60. The Bertz CT molecular complexity index is 1510. The van der Waals surface area contributed by atoms with Crippen LogP contribution in [0.1, 0.15) is 15.9 Å². The van der Waals surface area contributed by atoms with E-state index < -0.39 is 4.92 Å². The molecule has 0 aliphatic heterocycles. The van der Waals surface area contributed by atoms with Crippen molar-refractivity contribution in [1.82, 2.24) is 24.2 Å². The van der Waals surface area contributed by atoms with Crippen LogP contribution in [0.15, 0.2) is 104 Å². The van der Waals surface area contributed by atoms with Crippen molar-refractivity contribution in [2.24, 2.45) is 0 Å². The van der Waals surface area contributed by atoms with Crippen molar-refractivity contribution < 1.29 is 9.72 Å². The fourth-order valence-corrected chi connectivity index (χ4v) is 4.05. The molecular formula is C27H22N6O3. The zero-order chi connectivity index (χ0) is 25.1. The van der Waals surface area contributed by atoms with Gasteiger partial charge in [0.1, 0.15) is 5.69 Å². The summed E-state index contributed by atoms with van der Waals surface area (Å²) in [4.78, 5) is 30.0. The Kier molecular flexibility index (Phi) is 6.10. The highest BCUT2D eigenvalue weighted by atomic mass is 16.6. The summed E-state index contributed by atoms with van der Waals surface area (Å²) in [5.74, 6) is -0.332. The Labute approximate surface area is 207 Å². The highest BCUT2D eigenvalue weighted by Crippen LogP contribution is 2.27. The lowest BCUT2D eigenvalue weighted by molar-refractivity contribution is -0.384. The molecule has 5 aromatic rings. The number of nitrogens with zero attached hydrogens (tertiary/aromatic N) is 6. The number of hydrogen-bond acceptors (Lipinski definition) is 5. The third-order valence-electron chi connectivity index (χ3n) is 5.81. The van der Waals surface area contributed by atoms with E-state index in [0.717, 1.165) is 22.5 Å². The normalized spacial score (nSPS) is 10.8. The minimum atomic E-state index is -0.497. The van der Waals surface area contributed by atoms with E-state index in [0.29, 0.717) is 5.69 Å². The van der Waals surface area contributed by atoms with Gasteiger partial charge in [0, 0.05) is 54.9 Å². The molecule has 2 heterocycles. The number of imidazole rings is 1. The van der Waals surface area contributed by atoms with E-state index in [4.69, 9.17) is 5.10 Å². The number of carbonyl (C=O) groups is 1. The van der Waals surface area contributed by atoms with Crippen LogP contribution < -0.4 is 0 Å². The topological polar surface area (TPSA) is 99.1 Å². The summed E-state index contributed by atoms with van der Waals surface area (Å²) in [6.07, 6.45) is 6.54. The number of nitro groups is 1. The highest BCUT2D eigenvalue weighted by Gasteiger charge is 2.22. The molecule has 0 radical (unpaired) electrons. The van der Waals surface area contributed by atoms with Gasteiger partial charge >= 0.3 is 0 Å². The van der Waals surface area contributed by atoms with E-state index in [1.54, 1.807) is 34.6 Å². The van der Waals surface area contributed by atoms with E-state index >= 15 is 0 Å². The first-order chi connectivity index (χ1) is 17.5. The monoisotopic (exact) mass is 478 g/mol. The standard InChI is InChI=1S/C27H22N6O3/c1-30(27(34)21-12-13-24(25(16-21)33(35)36)31-15-14-28-19-31)17-22-18-32(23-10-6-3-7-11-23)29-26(22)20-8-4-2-5-9-20/h2-16,18-19H,17H2,1H3. The molecule has 0 fully saturated rings. The maximum atomic E-state index is 13.3. The van der Waals surface area contributed by atoms with E-state index in [9.17, 15) is 14.9 Å². The third kappa shape index (κ3) is 4.49. The quantitative estimate of drug-likeness (QED) is 0.245. The molecule has 0 N–H and O–H groups in total. The first-order valence-electron chi connectivity index (χ1n) is 11.2. The van der Waals surface area contributed by atoms with Crippen molar-refractivity contribution in [2.75, 3.05) is 7.05 Å². The molecule has 178 valence electrons. The minimum absolute atomic E-state index is 0.172. The maximum absolute atomic E-state index is 13.3. The summed E-state index contributed by atoms with van der Waals surface area (Å²) in [5.41, 5.74) is 3.85. The number of para-hydroxylation sites is 1. The average molecular weight is 479 g/mol. The lowest BCUT2D eigenvalue weighted by Gasteiger charge is -2.17. The van der Waals surface area contributed by atoms with Crippen LogP contribution in [0.5, 0.6) is 0 Å². The predicted octanol–water partition coefficient (Wildman–Crippen LogP) is 4.91. The van der Waals surface area contributed by atoms with E-state index in [1.165, 1.54) is 23.5 Å². The maximum Gasteiger partial charge on any atom is 0.294 e. The lowest BCUT2D eigenvalue weighted by Crippen LogP contribution is -2.26. The van der Waals surface area contributed by atoms with E-state index in [-0.39, 0.29) is 23.7 Å². The smallest absolute Gasteiger partial charge is 0.294 e. The van der Waals surface area contributed by atoms with Crippen LogP contribution >= 0.6 is 0 Å². The van der Waals surface area contributed by atoms with E-state index in [2.05, 4.69) is 4.98 Å². The second-order valence-electron chi connectivity index (χ2n) is 8.24. The van der Waals surface area contributed by atoms with Gasteiger partial charge in [0.05, 0.1) is 22.6 Å². The molecule has 2 aromatic heterocycles. The van der Waals surface area contributed by atoms with Crippen LogP contribution in [0.2, 0.25) is 0 Å². The molecule has 9 nitrogen and oxygen atoms in total. The molecule has 0 spiro atoms. The summed E-state index contributed by atoms with van der Waals surface area (Å²) >= 11 is 0. The number of carbonyl (C=O) groups excluding carboxylic acids is 1. The lowest BCUT2D eigenvalue weighted by atomic mass is 10.1. The van der Waals surface area contributed by atoms with Gasteiger partial charge in [-0.15, -0.1) is 0 Å². The SMILES string of the molecule is CN(Cc1cn(-c2ccccc2)nc1-c1ccccc1)C(=O)c1ccc(-n2ccnc2)c([N+](=O)[O-])c1. The molecule has 0 bridgehead atoms. The molecular weight excluding hydrogens is 456 g/mol. The highest BCUT2D eigenvalue weighted by molar-refractivity contribution is 5.95. The molecule has 0 aliphatic rings. The van der Waals surface area contributed by atoms with Gasteiger partial charge < -0.3 is 9.47 Å². The van der Waals surface area contributed by atoms with Gasteiger partial charge in [-0.3, -0.25) is 14.9 Å². The van der Waals surface area contributed by atoms with Gasteiger partial charge in [0.25, 0.3) is 11.6 Å².